The molecule has 0 aliphatic heterocycles. The molecule has 0 amide bonds. The van der Waals surface area contributed by atoms with Crippen LogP contribution in [-0.4, -0.2) is 21.4 Å². The standard InChI is InChI=1S/C12H14ClN3S/c1-2-9-5-10-11(14-6-15-12(10)17-9)16-8-3-7(13)4-8/h5-8H,2-4H2,1H3,(H,14,15,16). The Bertz CT molecular complexity index is 534. The van der Waals surface area contributed by atoms with Crippen LogP contribution in [0.1, 0.15) is 24.6 Å². The van der Waals surface area contributed by atoms with E-state index in [9.17, 15) is 0 Å². The third-order valence-corrected chi connectivity index (χ3v) is 4.69. The van der Waals surface area contributed by atoms with Gasteiger partial charge in [0.25, 0.3) is 0 Å². The highest BCUT2D eigenvalue weighted by Crippen LogP contribution is 2.32. The summed E-state index contributed by atoms with van der Waals surface area (Å²) in [7, 11) is 0. The molecule has 5 heteroatoms. The van der Waals surface area contributed by atoms with Crippen LogP contribution in [0.4, 0.5) is 5.82 Å². The molecule has 1 fully saturated rings. The van der Waals surface area contributed by atoms with E-state index in [2.05, 4.69) is 28.3 Å². The molecule has 3 nitrogen and oxygen atoms in total. The largest absolute Gasteiger partial charge is 0.367 e. The predicted molar refractivity (Wildman–Crippen MR) is 73.1 cm³/mol. The van der Waals surface area contributed by atoms with Gasteiger partial charge in [0.05, 0.1) is 5.39 Å². The van der Waals surface area contributed by atoms with Gasteiger partial charge in [0.15, 0.2) is 0 Å². The molecule has 0 saturated heterocycles. The summed E-state index contributed by atoms with van der Waals surface area (Å²) in [6.45, 7) is 2.16. The molecule has 0 atom stereocenters. The summed E-state index contributed by atoms with van der Waals surface area (Å²) >= 11 is 7.73. The van der Waals surface area contributed by atoms with Gasteiger partial charge in [-0.3, -0.25) is 0 Å². The first-order chi connectivity index (χ1) is 8.26. The number of fused-ring (bicyclic) bond motifs is 1. The maximum absolute atomic E-state index is 5.98. The average molecular weight is 268 g/mol. The van der Waals surface area contributed by atoms with Gasteiger partial charge in [-0.05, 0) is 25.3 Å². The first-order valence-corrected chi connectivity index (χ1v) is 7.15. The van der Waals surface area contributed by atoms with Gasteiger partial charge in [-0.15, -0.1) is 22.9 Å². The van der Waals surface area contributed by atoms with Crippen molar-refractivity contribution in [2.45, 2.75) is 37.6 Å². The normalized spacial score (nSPS) is 23.6. The molecule has 90 valence electrons. The summed E-state index contributed by atoms with van der Waals surface area (Å²) in [5, 5.41) is 4.94. The number of nitrogens with zero attached hydrogens (tertiary/aromatic N) is 2. The van der Waals surface area contributed by atoms with Crippen LogP contribution in [0.2, 0.25) is 0 Å². The second-order valence-electron chi connectivity index (χ2n) is 4.42. The molecule has 1 N–H and O–H groups in total. The summed E-state index contributed by atoms with van der Waals surface area (Å²) < 4.78 is 0. The summed E-state index contributed by atoms with van der Waals surface area (Å²) in [6, 6.07) is 2.67. The highest BCUT2D eigenvalue weighted by atomic mass is 35.5. The van der Waals surface area contributed by atoms with Gasteiger partial charge >= 0.3 is 0 Å². The minimum Gasteiger partial charge on any atom is -0.367 e. The Labute approximate surface area is 109 Å². The average Bonchev–Trinajstić information content (AvgIpc) is 2.71. The van der Waals surface area contributed by atoms with Crippen molar-refractivity contribution in [2.24, 2.45) is 0 Å². The molecule has 2 heterocycles. The van der Waals surface area contributed by atoms with E-state index in [1.165, 1.54) is 4.88 Å². The van der Waals surface area contributed by atoms with E-state index >= 15 is 0 Å². The molecule has 1 aliphatic carbocycles. The highest BCUT2D eigenvalue weighted by Gasteiger charge is 2.27. The fraction of sp³-hybridized carbons (Fsp3) is 0.500. The van der Waals surface area contributed by atoms with E-state index in [0.29, 0.717) is 11.4 Å². The van der Waals surface area contributed by atoms with Crippen LogP contribution in [0.3, 0.4) is 0 Å². The fourth-order valence-electron chi connectivity index (χ4n) is 2.05. The van der Waals surface area contributed by atoms with Gasteiger partial charge in [-0.25, -0.2) is 9.97 Å². The first-order valence-electron chi connectivity index (χ1n) is 5.90. The van der Waals surface area contributed by atoms with Crippen LogP contribution in [0, 0.1) is 0 Å². The SMILES string of the molecule is CCc1cc2c(NC3CC(Cl)C3)ncnc2s1. The molecule has 2 aromatic heterocycles. The van der Waals surface area contributed by atoms with Crippen molar-refractivity contribution in [3.63, 3.8) is 0 Å². The quantitative estimate of drug-likeness (QED) is 0.866. The number of aromatic nitrogens is 2. The molecular weight excluding hydrogens is 254 g/mol. The molecule has 0 spiro atoms. The lowest BCUT2D eigenvalue weighted by molar-refractivity contribution is 0.454. The smallest absolute Gasteiger partial charge is 0.138 e. The number of halogens is 1. The second-order valence-corrected chi connectivity index (χ2v) is 6.15. The van der Waals surface area contributed by atoms with Gasteiger partial charge in [0.2, 0.25) is 0 Å². The van der Waals surface area contributed by atoms with Gasteiger partial charge < -0.3 is 5.32 Å². The third-order valence-electron chi connectivity index (χ3n) is 3.15. The van der Waals surface area contributed by atoms with E-state index in [1.54, 1.807) is 17.7 Å². The van der Waals surface area contributed by atoms with Crippen LogP contribution in [-0.2, 0) is 6.42 Å². The first kappa shape index (κ1) is 11.2. The predicted octanol–water partition coefficient (Wildman–Crippen LogP) is 3.44. The van der Waals surface area contributed by atoms with Gasteiger partial charge in [-0.2, -0.15) is 0 Å². The zero-order chi connectivity index (χ0) is 11.8. The van der Waals surface area contributed by atoms with Crippen molar-refractivity contribution in [3.8, 4) is 0 Å². The van der Waals surface area contributed by atoms with Crippen LogP contribution < -0.4 is 5.32 Å². The van der Waals surface area contributed by atoms with Crippen LogP contribution >= 0.6 is 22.9 Å². The Kier molecular flexibility index (Phi) is 2.92. The van der Waals surface area contributed by atoms with Crippen molar-refractivity contribution < 1.29 is 0 Å². The number of aryl methyl sites for hydroxylation is 1. The number of anilines is 1. The Morgan fingerprint density at radius 1 is 1.47 bits per heavy atom. The molecule has 0 unspecified atom stereocenters. The Balaban J connectivity index is 1.90. The highest BCUT2D eigenvalue weighted by molar-refractivity contribution is 7.18. The zero-order valence-corrected chi connectivity index (χ0v) is 11.2. The summed E-state index contributed by atoms with van der Waals surface area (Å²) in [6.07, 6.45) is 4.74. The summed E-state index contributed by atoms with van der Waals surface area (Å²) in [5.74, 6) is 0.958. The minimum absolute atomic E-state index is 0.332. The fourth-order valence-corrected chi connectivity index (χ4v) is 3.42. The Morgan fingerprint density at radius 2 is 2.29 bits per heavy atom. The van der Waals surface area contributed by atoms with Crippen LogP contribution in [0.5, 0.6) is 0 Å². The maximum Gasteiger partial charge on any atom is 0.138 e. The van der Waals surface area contributed by atoms with E-state index in [-0.39, 0.29) is 0 Å². The molecule has 3 rings (SSSR count). The number of nitrogens with one attached hydrogen (secondary N) is 1. The van der Waals surface area contributed by atoms with Crippen LogP contribution in [0.25, 0.3) is 10.2 Å². The summed E-state index contributed by atoms with van der Waals surface area (Å²) in [5.41, 5.74) is 0. The zero-order valence-electron chi connectivity index (χ0n) is 9.61. The molecule has 2 aromatic rings. The summed E-state index contributed by atoms with van der Waals surface area (Å²) in [4.78, 5) is 11.1. The molecule has 0 radical (unpaired) electrons. The van der Waals surface area contributed by atoms with Crippen molar-refractivity contribution >= 4 is 39.0 Å². The second kappa shape index (κ2) is 4.42. The molecular formula is C12H14ClN3S. The van der Waals surface area contributed by atoms with Gasteiger partial charge in [-0.1, -0.05) is 6.92 Å². The van der Waals surface area contributed by atoms with Crippen molar-refractivity contribution in [3.05, 3.63) is 17.3 Å². The third kappa shape index (κ3) is 2.11. The molecule has 0 bridgehead atoms. The number of hydrogen-bond donors (Lipinski definition) is 1. The van der Waals surface area contributed by atoms with Gasteiger partial charge in [0, 0.05) is 16.3 Å². The van der Waals surface area contributed by atoms with E-state index in [4.69, 9.17) is 11.6 Å². The lowest BCUT2D eigenvalue weighted by atomic mass is 9.92. The number of thiophene rings is 1. The Morgan fingerprint density at radius 3 is 3.00 bits per heavy atom. The lowest BCUT2D eigenvalue weighted by Crippen LogP contribution is -2.36. The topological polar surface area (TPSA) is 37.8 Å². The van der Waals surface area contributed by atoms with Crippen molar-refractivity contribution in [1.29, 1.82) is 0 Å². The molecule has 17 heavy (non-hydrogen) atoms. The van der Waals surface area contributed by atoms with Crippen molar-refractivity contribution in [2.75, 3.05) is 5.32 Å². The molecule has 1 aliphatic rings. The number of alkyl halides is 1. The molecule has 0 aromatic carbocycles. The van der Waals surface area contributed by atoms with E-state index in [0.717, 1.165) is 35.3 Å². The number of rotatable bonds is 3. The van der Waals surface area contributed by atoms with Crippen LogP contribution in [0.15, 0.2) is 12.4 Å². The van der Waals surface area contributed by atoms with E-state index < -0.39 is 0 Å². The maximum atomic E-state index is 5.98. The Hall–Kier alpha value is -0.870. The number of hydrogen-bond acceptors (Lipinski definition) is 4. The monoisotopic (exact) mass is 267 g/mol. The van der Waals surface area contributed by atoms with Crippen molar-refractivity contribution in [1.82, 2.24) is 9.97 Å². The minimum atomic E-state index is 0.332. The lowest BCUT2D eigenvalue weighted by Gasteiger charge is -2.32. The van der Waals surface area contributed by atoms with Gasteiger partial charge in [0.1, 0.15) is 17.0 Å². The van der Waals surface area contributed by atoms with E-state index in [1.807, 2.05) is 0 Å². The molecule has 1 saturated carbocycles.